The molecule has 0 atom stereocenters. The Morgan fingerprint density at radius 1 is 0.282 bits per heavy atom. The Morgan fingerprint density at radius 2 is 0.507 bits per heavy atom. The highest BCUT2D eigenvalue weighted by molar-refractivity contribution is 5.71. The summed E-state index contributed by atoms with van der Waals surface area (Å²) in [6, 6.07) is 0. The van der Waals surface area contributed by atoms with Crippen LogP contribution in [0.15, 0.2) is 72.9 Å². The van der Waals surface area contributed by atoms with Crippen molar-refractivity contribution >= 4 is 17.9 Å². The molecule has 0 spiro atoms. The van der Waals surface area contributed by atoms with Crippen LogP contribution in [-0.2, 0) is 28.6 Å². The average molecular weight is 992 g/mol. The van der Waals surface area contributed by atoms with Crippen molar-refractivity contribution in [2.24, 2.45) is 0 Å². The molecule has 0 aliphatic carbocycles. The van der Waals surface area contributed by atoms with Crippen molar-refractivity contribution in [2.75, 3.05) is 13.2 Å². The minimum atomic E-state index is -0.794. The molecule has 0 aromatic carbocycles. The second-order valence-corrected chi connectivity index (χ2v) is 20.3. The van der Waals surface area contributed by atoms with Crippen LogP contribution in [0.2, 0.25) is 0 Å². The Labute approximate surface area is 440 Å². The smallest absolute Gasteiger partial charge is 0.306 e. The Hall–Kier alpha value is -3.15. The van der Waals surface area contributed by atoms with Crippen molar-refractivity contribution in [3.05, 3.63) is 72.9 Å². The van der Waals surface area contributed by atoms with Crippen LogP contribution < -0.4 is 0 Å². The number of allylic oxidation sites excluding steroid dienone is 12. The van der Waals surface area contributed by atoms with Crippen LogP contribution >= 0.6 is 0 Å². The number of esters is 3. The van der Waals surface area contributed by atoms with Crippen LogP contribution in [0.4, 0.5) is 0 Å². The first kappa shape index (κ1) is 67.8. The van der Waals surface area contributed by atoms with Gasteiger partial charge in [-0.3, -0.25) is 14.4 Å². The Balaban J connectivity index is 4.43. The standard InChI is InChI=1S/C65H114O6/c1-4-7-10-13-16-19-22-25-28-31-32-35-38-41-44-47-50-53-56-59-65(68)71-62(60-69-63(66)57-54-51-48-45-42-39-36-33-29-26-23-20-17-14-11-8-5-2)61-70-64(67)58-55-52-49-46-43-40-37-34-30-27-24-21-18-15-12-9-6-3/h17-18,20-21,26-27,29-30,36-37,39-40,62H,4-16,19,22-25,28,31-35,38,41-61H2,1-3H3/b20-17-,21-18-,29-26-,30-27-,39-36-,40-37-. The molecule has 71 heavy (non-hydrogen) atoms. The minimum Gasteiger partial charge on any atom is -0.462 e. The molecule has 0 fully saturated rings. The molecule has 0 aromatic rings. The molecule has 0 amide bonds. The topological polar surface area (TPSA) is 78.9 Å². The van der Waals surface area contributed by atoms with Crippen molar-refractivity contribution in [1.82, 2.24) is 0 Å². The summed E-state index contributed by atoms with van der Waals surface area (Å²) in [5, 5.41) is 0. The van der Waals surface area contributed by atoms with E-state index >= 15 is 0 Å². The Morgan fingerprint density at radius 3 is 0.817 bits per heavy atom. The lowest BCUT2D eigenvalue weighted by Gasteiger charge is -2.18. The number of hydrogen-bond acceptors (Lipinski definition) is 6. The van der Waals surface area contributed by atoms with E-state index in [0.29, 0.717) is 19.3 Å². The Bertz CT molecular complexity index is 1250. The summed E-state index contributed by atoms with van der Waals surface area (Å²) in [5.74, 6) is -0.920. The van der Waals surface area contributed by atoms with Gasteiger partial charge < -0.3 is 14.2 Å². The highest BCUT2D eigenvalue weighted by Gasteiger charge is 2.19. The van der Waals surface area contributed by atoms with Gasteiger partial charge in [0.1, 0.15) is 13.2 Å². The zero-order valence-corrected chi connectivity index (χ0v) is 47.0. The first-order valence-electron chi connectivity index (χ1n) is 30.4. The second kappa shape index (κ2) is 59.4. The molecule has 0 bridgehead atoms. The first-order valence-corrected chi connectivity index (χ1v) is 30.4. The molecule has 0 aliphatic rings. The summed E-state index contributed by atoms with van der Waals surface area (Å²) in [5.41, 5.74) is 0. The molecule has 0 aromatic heterocycles. The van der Waals surface area contributed by atoms with Crippen LogP contribution in [0.1, 0.15) is 303 Å². The average Bonchev–Trinajstić information content (AvgIpc) is 3.37. The number of carbonyl (C=O) groups is 3. The monoisotopic (exact) mass is 991 g/mol. The molecule has 0 heterocycles. The third-order valence-electron chi connectivity index (χ3n) is 13.2. The highest BCUT2D eigenvalue weighted by Crippen LogP contribution is 2.16. The number of rotatable bonds is 55. The summed E-state index contributed by atoms with van der Waals surface area (Å²) in [4.78, 5) is 38.2. The fourth-order valence-electron chi connectivity index (χ4n) is 8.57. The van der Waals surface area contributed by atoms with E-state index in [0.717, 1.165) is 109 Å². The summed E-state index contributed by atoms with van der Waals surface area (Å²) in [6.45, 7) is 6.58. The van der Waals surface area contributed by atoms with E-state index in [2.05, 4.69) is 93.7 Å². The van der Waals surface area contributed by atoms with E-state index in [4.69, 9.17) is 14.2 Å². The van der Waals surface area contributed by atoms with Gasteiger partial charge >= 0.3 is 17.9 Å². The van der Waals surface area contributed by atoms with E-state index in [1.807, 2.05) is 0 Å². The first-order chi connectivity index (χ1) is 35.0. The zero-order chi connectivity index (χ0) is 51.4. The van der Waals surface area contributed by atoms with Crippen LogP contribution in [0, 0.1) is 0 Å². The molecule has 0 N–H and O–H groups in total. The molecule has 0 rings (SSSR count). The highest BCUT2D eigenvalue weighted by atomic mass is 16.6. The summed E-state index contributed by atoms with van der Waals surface area (Å²) in [7, 11) is 0. The van der Waals surface area contributed by atoms with Crippen LogP contribution in [0.25, 0.3) is 0 Å². The second-order valence-electron chi connectivity index (χ2n) is 20.3. The van der Waals surface area contributed by atoms with Crippen molar-refractivity contribution in [3.63, 3.8) is 0 Å². The Kier molecular flexibility index (Phi) is 56.8. The number of carbonyl (C=O) groups excluding carboxylic acids is 3. The fourth-order valence-corrected chi connectivity index (χ4v) is 8.57. The van der Waals surface area contributed by atoms with E-state index < -0.39 is 6.10 Å². The third-order valence-corrected chi connectivity index (χ3v) is 13.2. The van der Waals surface area contributed by atoms with Crippen LogP contribution in [-0.4, -0.2) is 37.2 Å². The van der Waals surface area contributed by atoms with Gasteiger partial charge in [0.2, 0.25) is 0 Å². The van der Waals surface area contributed by atoms with E-state index in [-0.39, 0.29) is 31.1 Å². The predicted molar refractivity (Wildman–Crippen MR) is 307 cm³/mol. The van der Waals surface area contributed by atoms with Gasteiger partial charge in [0, 0.05) is 19.3 Å². The SMILES string of the molecule is CCCCC/C=C\C/C=C\C/C=C\CCCCCCC(=O)OCC(COC(=O)CCCCCC/C=C\C/C=C\C/C=C\CCCCC)OC(=O)CCCCCCCCCCCCCCCCCCCCC. The summed E-state index contributed by atoms with van der Waals surface area (Å²) >= 11 is 0. The normalized spacial score (nSPS) is 12.2. The van der Waals surface area contributed by atoms with Gasteiger partial charge in [-0.25, -0.2) is 0 Å². The molecule has 0 saturated heterocycles. The van der Waals surface area contributed by atoms with Crippen molar-refractivity contribution in [1.29, 1.82) is 0 Å². The van der Waals surface area contributed by atoms with Gasteiger partial charge in [-0.2, -0.15) is 0 Å². The van der Waals surface area contributed by atoms with Gasteiger partial charge in [-0.1, -0.05) is 261 Å². The van der Waals surface area contributed by atoms with Gasteiger partial charge in [-0.05, 0) is 96.3 Å². The maximum absolute atomic E-state index is 12.9. The number of unbranched alkanes of at least 4 members (excludes halogenated alkanes) is 32. The van der Waals surface area contributed by atoms with Crippen LogP contribution in [0.5, 0.6) is 0 Å². The number of ether oxygens (including phenoxy) is 3. The van der Waals surface area contributed by atoms with Crippen molar-refractivity contribution in [3.8, 4) is 0 Å². The quantitative estimate of drug-likeness (QED) is 0.0261. The predicted octanol–water partition coefficient (Wildman–Crippen LogP) is 20.5. The molecule has 0 unspecified atom stereocenters. The van der Waals surface area contributed by atoms with Gasteiger partial charge in [0.15, 0.2) is 6.10 Å². The fraction of sp³-hybridized carbons (Fsp3) is 0.769. The molecular weight excluding hydrogens is 877 g/mol. The largest absolute Gasteiger partial charge is 0.462 e. The lowest BCUT2D eigenvalue weighted by molar-refractivity contribution is -0.167. The minimum absolute atomic E-state index is 0.0922. The summed E-state index contributed by atoms with van der Waals surface area (Å²) in [6.07, 6.45) is 76.1. The van der Waals surface area contributed by atoms with E-state index in [1.54, 1.807) is 0 Å². The van der Waals surface area contributed by atoms with Gasteiger partial charge in [0.25, 0.3) is 0 Å². The molecule has 0 radical (unpaired) electrons. The lowest BCUT2D eigenvalue weighted by atomic mass is 10.0. The molecular formula is C65H114O6. The van der Waals surface area contributed by atoms with E-state index in [9.17, 15) is 14.4 Å². The molecule has 6 nitrogen and oxygen atoms in total. The number of hydrogen-bond donors (Lipinski definition) is 0. The molecule has 0 saturated carbocycles. The van der Waals surface area contributed by atoms with E-state index in [1.165, 1.54) is 154 Å². The molecule has 6 heteroatoms. The van der Waals surface area contributed by atoms with Crippen molar-refractivity contribution < 1.29 is 28.6 Å². The maximum atomic E-state index is 12.9. The van der Waals surface area contributed by atoms with Crippen LogP contribution in [0.3, 0.4) is 0 Å². The molecule has 0 aliphatic heterocycles. The van der Waals surface area contributed by atoms with Gasteiger partial charge in [-0.15, -0.1) is 0 Å². The lowest BCUT2D eigenvalue weighted by Crippen LogP contribution is -2.30. The summed E-state index contributed by atoms with van der Waals surface area (Å²) < 4.78 is 16.9. The van der Waals surface area contributed by atoms with Crippen molar-refractivity contribution in [2.45, 2.75) is 309 Å². The maximum Gasteiger partial charge on any atom is 0.306 e. The molecule has 410 valence electrons. The third kappa shape index (κ3) is 57.6. The van der Waals surface area contributed by atoms with Gasteiger partial charge in [0.05, 0.1) is 0 Å². The zero-order valence-electron chi connectivity index (χ0n) is 47.0.